The lowest BCUT2D eigenvalue weighted by atomic mass is 10.0. The number of thioether (sulfide) groups is 1. The molecule has 0 saturated carbocycles. The normalized spacial score (nSPS) is 12.6. The number of nitrogens with one attached hydrogen (secondary N) is 1. The molecule has 4 aromatic rings. The van der Waals surface area contributed by atoms with Gasteiger partial charge in [-0.05, 0) is 47.7 Å². The first-order valence-electron chi connectivity index (χ1n) is 10.7. The van der Waals surface area contributed by atoms with Crippen molar-refractivity contribution in [2.45, 2.75) is 32.6 Å². The summed E-state index contributed by atoms with van der Waals surface area (Å²) in [5.41, 5.74) is 5.86. The Balaban J connectivity index is 1.52. The van der Waals surface area contributed by atoms with Crippen LogP contribution < -0.4 is 10.1 Å². The SMILES string of the molecule is CC(=O)SCc1nc(C)ccc1-c1cnc(NCc2c(F)ccc3c2CCO3)n2cnc(I)c12. The molecule has 1 aliphatic heterocycles. The number of rotatable bonds is 6. The molecule has 1 N–H and O–H groups in total. The summed E-state index contributed by atoms with van der Waals surface area (Å²) >= 11 is 3.43. The third-order valence-corrected chi connectivity index (χ3v) is 7.32. The molecule has 0 unspecified atom stereocenters. The van der Waals surface area contributed by atoms with E-state index >= 15 is 0 Å². The molecule has 3 aromatic heterocycles. The van der Waals surface area contributed by atoms with Gasteiger partial charge < -0.3 is 10.1 Å². The molecule has 7 nitrogen and oxygen atoms in total. The Labute approximate surface area is 213 Å². The fraction of sp³-hybridized carbons (Fsp3) is 0.250. The molecule has 1 aromatic carbocycles. The third-order valence-electron chi connectivity index (χ3n) is 5.70. The van der Waals surface area contributed by atoms with Crippen LogP contribution in [-0.2, 0) is 23.5 Å². The highest BCUT2D eigenvalue weighted by atomic mass is 127. The number of benzene rings is 1. The van der Waals surface area contributed by atoms with E-state index in [0.29, 0.717) is 30.3 Å². The smallest absolute Gasteiger partial charge is 0.209 e. The summed E-state index contributed by atoms with van der Waals surface area (Å²) in [4.78, 5) is 25.4. The highest BCUT2D eigenvalue weighted by Gasteiger charge is 2.21. The van der Waals surface area contributed by atoms with Crippen molar-refractivity contribution >= 4 is 50.9 Å². The molecule has 0 spiro atoms. The highest BCUT2D eigenvalue weighted by Crippen LogP contribution is 2.34. The van der Waals surface area contributed by atoms with Crippen molar-refractivity contribution in [3.05, 3.63) is 68.8 Å². The molecule has 5 rings (SSSR count). The summed E-state index contributed by atoms with van der Waals surface area (Å²) in [6, 6.07) is 7.08. The van der Waals surface area contributed by atoms with Crippen LogP contribution in [0, 0.1) is 16.4 Å². The quantitative estimate of drug-likeness (QED) is 0.311. The molecular weight excluding hydrogens is 568 g/mol. The van der Waals surface area contributed by atoms with Gasteiger partial charge in [-0.2, -0.15) is 0 Å². The summed E-state index contributed by atoms with van der Waals surface area (Å²) in [5.74, 6) is 1.52. The summed E-state index contributed by atoms with van der Waals surface area (Å²) in [6.45, 7) is 4.33. The molecule has 4 heterocycles. The van der Waals surface area contributed by atoms with Gasteiger partial charge in [-0.1, -0.05) is 17.8 Å². The average Bonchev–Trinajstić information content (AvgIpc) is 3.44. The Morgan fingerprint density at radius 3 is 2.94 bits per heavy atom. The van der Waals surface area contributed by atoms with Gasteiger partial charge in [0.1, 0.15) is 21.6 Å². The van der Waals surface area contributed by atoms with Gasteiger partial charge in [0.05, 0.1) is 17.8 Å². The molecule has 174 valence electrons. The Hall–Kier alpha value is -2.73. The standard InChI is InChI=1S/C24H21FIN5O2S/c1-13-3-4-15(20(30-13)11-34-14(2)32)18-10-28-24(31-12-29-23(26)22(18)31)27-9-17-16-7-8-33-21(16)6-5-19(17)25/h3-6,10,12H,7-9,11H2,1-2H3,(H,27,28). The average molecular weight is 589 g/mol. The Kier molecular flexibility index (Phi) is 6.43. The van der Waals surface area contributed by atoms with Gasteiger partial charge in [0, 0.05) is 59.8 Å². The molecule has 0 amide bonds. The summed E-state index contributed by atoms with van der Waals surface area (Å²) in [6.07, 6.45) is 4.18. The Morgan fingerprint density at radius 2 is 2.12 bits per heavy atom. The number of ether oxygens (including phenoxy) is 1. The van der Waals surface area contributed by atoms with Gasteiger partial charge >= 0.3 is 0 Å². The second kappa shape index (κ2) is 9.49. The van der Waals surface area contributed by atoms with Crippen molar-refractivity contribution in [2.24, 2.45) is 0 Å². The predicted molar refractivity (Wildman–Crippen MR) is 139 cm³/mol. The van der Waals surface area contributed by atoms with Crippen LogP contribution in [0.15, 0.2) is 36.8 Å². The second-order valence-electron chi connectivity index (χ2n) is 7.93. The molecule has 10 heteroatoms. The molecular formula is C24H21FIN5O2S. The van der Waals surface area contributed by atoms with Crippen LogP contribution in [0.5, 0.6) is 5.75 Å². The number of carbonyl (C=O) groups excluding carboxylic acids is 1. The van der Waals surface area contributed by atoms with Crippen molar-refractivity contribution < 1.29 is 13.9 Å². The minimum atomic E-state index is -0.261. The van der Waals surface area contributed by atoms with E-state index in [1.54, 1.807) is 25.5 Å². The zero-order valence-electron chi connectivity index (χ0n) is 18.6. The van der Waals surface area contributed by atoms with Crippen molar-refractivity contribution in [1.82, 2.24) is 19.4 Å². The topological polar surface area (TPSA) is 81.4 Å². The minimum absolute atomic E-state index is 0.0426. The van der Waals surface area contributed by atoms with Crippen LogP contribution in [0.4, 0.5) is 10.3 Å². The van der Waals surface area contributed by atoms with E-state index < -0.39 is 0 Å². The van der Waals surface area contributed by atoms with Crippen molar-refractivity contribution in [3.63, 3.8) is 0 Å². The summed E-state index contributed by atoms with van der Waals surface area (Å²) < 4.78 is 22.9. The molecule has 0 fully saturated rings. The van der Waals surface area contributed by atoms with E-state index in [0.717, 1.165) is 43.0 Å². The van der Waals surface area contributed by atoms with Gasteiger partial charge in [-0.3, -0.25) is 14.2 Å². The molecule has 1 aliphatic rings. The van der Waals surface area contributed by atoms with Crippen molar-refractivity contribution in [1.29, 1.82) is 0 Å². The summed E-state index contributed by atoms with van der Waals surface area (Å²) in [5, 5.41) is 3.32. The highest BCUT2D eigenvalue weighted by molar-refractivity contribution is 14.1. The van der Waals surface area contributed by atoms with Gasteiger partial charge in [0.2, 0.25) is 5.95 Å². The zero-order valence-corrected chi connectivity index (χ0v) is 21.5. The number of pyridine rings is 1. The fourth-order valence-corrected chi connectivity index (χ4v) is 5.35. The van der Waals surface area contributed by atoms with E-state index in [-0.39, 0.29) is 17.5 Å². The van der Waals surface area contributed by atoms with Crippen LogP contribution in [-0.4, -0.2) is 31.1 Å². The zero-order chi connectivity index (χ0) is 23.8. The number of halogens is 2. The molecule has 34 heavy (non-hydrogen) atoms. The molecule has 0 bridgehead atoms. The van der Waals surface area contributed by atoms with E-state index in [2.05, 4.69) is 42.9 Å². The lowest BCUT2D eigenvalue weighted by Crippen LogP contribution is -2.10. The molecule has 0 aliphatic carbocycles. The third kappa shape index (κ3) is 4.36. The lowest BCUT2D eigenvalue weighted by molar-refractivity contribution is -0.109. The van der Waals surface area contributed by atoms with E-state index in [9.17, 15) is 9.18 Å². The Morgan fingerprint density at radius 1 is 1.26 bits per heavy atom. The summed E-state index contributed by atoms with van der Waals surface area (Å²) in [7, 11) is 0. The van der Waals surface area contributed by atoms with Gasteiger partial charge in [-0.15, -0.1) is 0 Å². The number of aryl methyl sites for hydroxylation is 1. The lowest BCUT2D eigenvalue weighted by Gasteiger charge is -2.15. The van der Waals surface area contributed by atoms with Crippen LogP contribution in [0.1, 0.15) is 29.4 Å². The number of anilines is 1. The molecule has 0 saturated heterocycles. The van der Waals surface area contributed by atoms with Crippen LogP contribution in [0.2, 0.25) is 0 Å². The number of nitrogens with zero attached hydrogens (tertiary/aromatic N) is 4. The second-order valence-corrected chi connectivity index (χ2v) is 10.1. The first-order valence-corrected chi connectivity index (χ1v) is 12.8. The largest absolute Gasteiger partial charge is 0.493 e. The van der Waals surface area contributed by atoms with Gasteiger partial charge in [0.15, 0.2) is 5.12 Å². The Bertz CT molecular complexity index is 1420. The number of imidazole rings is 1. The van der Waals surface area contributed by atoms with Crippen LogP contribution >= 0.6 is 34.4 Å². The first-order chi connectivity index (χ1) is 16.4. The minimum Gasteiger partial charge on any atom is -0.493 e. The van der Waals surface area contributed by atoms with E-state index in [1.807, 2.05) is 23.5 Å². The van der Waals surface area contributed by atoms with Crippen LogP contribution in [0.3, 0.4) is 0 Å². The molecule has 0 radical (unpaired) electrons. The monoisotopic (exact) mass is 589 g/mol. The van der Waals surface area contributed by atoms with Crippen molar-refractivity contribution in [3.8, 4) is 16.9 Å². The number of hydrogen-bond acceptors (Lipinski definition) is 7. The number of aromatic nitrogens is 4. The van der Waals surface area contributed by atoms with E-state index in [1.165, 1.54) is 17.8 Å². The van der Waals surface area contributed by atoms with Crippen LogP contribution in [0.25, 0.3) is 16.6 Å². The number of fused-ring (bicyclic) bond motifs is 2. The number of hydrogen-bond donors (Lipinski definition) is 1. The fourth-order valence-electron chi connectivity index (χ4n) is 4.11. The maximum Gasteiger partial charge on any atom is 0.209 e. The molecule has 0 atom stereocenters. The van der Waals surface area contributed by atoms with Crippen molar-refractivity contribution in [2.75, 3.05) is 11.9 Å². The van der Waals surface area contributed by atoms with Gasteiger partial charge in [-0.25, -0.2) is 14.4 Å². The maximum atomic E-state index is 14.6. The van der Waals surface area contributed by atoms with Gasteiger partial charge in [0.25, 0.3) is 0 Å². The number of carbonyl (C=O) groups is 1. The maximum absolute atomic E-state index is 14.6. The first kappa shape index (κ1) is 23.0. The van der Waals surface area contributed by atoms with E-state index in [4.69, 9.17) is 4.74 Å². The predicted octanol–water partition coefficient (Wildman–Crippen LogP) is 5.17.